The van der Waals surface area contributed by atoms with Crippen LogP contribution < -0.4 is 10.2 Å². The summed E-state index contributed by atoms with van der Waals surface area (Å²) in [5.74, 6) is 0. The van der Waals surface area contributed by atoms with Crippen molar-refractivity contribution in [1.29, 1.82) is 0 Å². The van der Waals surface area contributed by atoms with E-state index in [0.717, 1.165) is 24.5 Å². The van der Waals surface area contributed by atoms with E-state index in [1.165, 1.54) is 9.75 Å². The van der Waals surface area contributed by atoms with Crippen molar-refractivity contribution in [3.8, 4) is 0 Å². The van der Waals surface area contributed by atoms with Crippen LogP contribution in [-0.2, 0) is 6.54 Å². The summed E-state index contributed by atoms with van der Waals surface area (Å²) in [5, 5.41) is 12.5. The first-order valence-corrected chi connectivity index (χ1v) is 7.79. The second-order valence-electron chi connectivity index (χ2n) is 4.72. The molecule has 0 atom stereocenters. The fourth-order valence-corrected chi connectivity index (χ4v) is 2.98. The Kier molecular flexibility index (Phi) is 5.44. The summed E-state index contributed by atoms with van der Waals surface area (Å²) in [4.78, 5) is 4.86. The summed E-state index contributed by atoms with van der Waals surface area (Å²) < 4.78 is 0. The predicted molar refractivity (Wildman–Crippen MR) is 87.8 cm³/mol. The van der Waals surface area contributed by atoms with E-state index in [1.807, 2.05) is 11.3 Å². The van der Waals surface area contributed by atoms with Gasteiger partial charge >= 0.3 is 0 Å². The van der Waals surface area contributed by atoms with Crippen LogP contribution in [0, 0.1) is 6.92 Å². The van der Waals surface area contributed by atoms with Gasteiger partial charge in [0.15, 0.2) is 0 Å². The first-order chi connectivity index (χ1) is 9.72. The maximum absolute atomic E-state index is 9.04. The van der Waals surface area contributed by atoms with Crippen LogP contribution in [0.25, 0.3) is 0 Å². The SMILES string of the molecule is CCN(CCO)c1ccc(NCc2ccc(C)s2)cc1. The molecule has 1 aromatic heterocycles. The molecule has 2 rings (SSSR count). The zero-order chi connectivity index (χ0) is 14.4. The number of hydrogen-bond acceptors (Lipinski definition) is 4. The molecular formula is C16H22N2OS. The van der Waals surface area contributed by atoms with Crippen molar-refractivity contribution in [3.63, 3.8) is 0 Å². The Morgan fingerprint density at radius 1 is 1.15 bits per heavy atom. The molecule has 2 aromatic rings. The average molecular weight is 290 g/mol. The summed E-state index contributed by atoms with van der Waals surface area (Å²) >= 11 is 1.83. The molecule has 0 spiro atoms. The predicted octanol–water partition coefficient (Wildman–Crippen LogP) is 3.49. The van der Waals surface area contributed by atoms with Gasteiger partial charge < -0.3 is 15.3 Å². The Labute approximate surface area is 124 Å². The number of benzene rings is 1. The second-order valence-corrected chi connectivity index (χ2v) is 6.09. The molecule has 0 bridgehead atoms. The zero-order valence-electron chi connectivity index (χ0n) is 12.1. The Morgan fingerprint density at radius 2 is 1.90 bits per heavy atom. The summed E-state index contributed by atoms with van der Waals surface area (Å²) in [5.41, 5.74) is 2.28. The number of anilines is 2. The van der Waals surface area contributed by atoms with Crippen molar-refractivity contribution in [2.24, 2.45) is 0 Å². The zero-order valence-corrected chi connectivity index (χ0v) is 12.9. The number of thiophene rings is 1. The lowest BCUT2D eigenvalue weighted by Crippen LogP contribution is -2.25. The molecule has 4 heteroatoms. The van der Waals surface area contributed by atoms with Crippen LogP contribution in [0.1, 0.15) is 16.7 Å². The van der Waals surface area contributed by atoms with Crippen LogP contribution >= 0.6 is 11.3 Å². The molecule has 3 nitrogen and oxygen atoms in total. The van der Waals surface area contributed by atoms with Crippen molar-refractivity contribution >= 4 is 22.7 Å². The fraction of sp³-hybridized carbons (Fsp3) is 0.375. The van der Waals surface area contributed by atoms with Gasteiger partial charge in [0.25, 0.3) is 0 Å². The number of rotatable bonds is 7. The largest absolute Gasteiger partial charge is 0.395 e. The molecule has 0 aliphatic rings. The average Bonchev–Trinajstić information content (AvgIpc) is 2.89. The van der Waals surface area contributed by atoms with Crippen LogP contribution in [0.15, 0.2) is 36.4 Å². The van der Waals surface area contributed by atoms with Crippen molar-refractivity contribution in [1.82, 2.24) is 0 Å². The third-order valence-electron chi connectivity index (χ3n) is 3.25. The summed E-state index contributed by atoms with van der Waals surface area (Å²) in [7, 11) is 0. The monoisotopic (exact) mass is 290 g/mol. The third kappa shape index (κ3) is 3.99. The number of nitrogens with zero attached hydrogens (tertiary/aromatic N) is 1. The molecule has 0 aliphatic carbocycles. The maximum atomic E-state index is 9.04. The minimum Gasteiger partial charge on any atom is -0.395 e. The van der Waals surface area contributed by atoms with E-state index in [1.54, 1.807) is 0 Å². The highest BCUT2D eigenvalue weighted by Gasteiger charge is 2.03. The number of hydrogen-bond donors (Lipinski definition) is 2. The highest BCUT2D eigenvalue weighted by Crippen LogP contribution is 2.20. The highest BCUT2D eigenvalue weighted by molar-refractivity contribution is 7.11. The van der Waals surface area contributed by atoms with Gasteiger partial charge in [0.05, 0.1) is 6.61 Å². The third-order valence-corrected chi connectivity index (χ3v) is 4.25. The van der Waals surface area contributed by atoms with Crippen LogP contribution in [-0.4, -0.2) is 24.8 Å². The van der Waals surface area contributed by atoms with Gasteiger partial charge in [-0.15, -0.1) is 11.3 Å². The molecular weight excluding hydrogens is 268 g/mol. The molecule has 0 saturated heterocycles. The van der Waals surface area contributed by atoms with Gasteiger partial charge in [-0.05, 0) is 50.2 Å². The van der Waals surface area contributed by atoms with Gasteiger partial charge in [0, 0.05) is 40.8 Å². The van der Waals surface area contributed by atoms with Gasteiger partial charge in [-0.2, -0.15) is 0 Å². The number of nitrogens with one attached hydrogen (secondary N) is 1. The molecule has 20 heavy (non-hydrogen) atoms. The Hall–Kier alpha value is -1.52. The number of aryl methyl sites for hydroxylation is 1. The lowest BCUT2D eigenvalue weighted by molar-refractivity contribution is 0.302. The lowest BCUT2D eigenvalue weighted by Gasteiger charge is -2.22. The van der Waals surface area contributed by atoms with Crippen LogP contribution in [0.5, 0.6) is 0 Å². The van der Waals surface area contributed by atoms with Gasteiger partial charge in [0.2, 0.25) is 0 Å². The summed E-state index contributed by atoms with van der Waals surface area (Å²) in [6.45, 7) is 6.86. The van der Waals surface area contributed by atoms with Gasteiger partial charge in [-0.25, -0.2) is 0 Å². The molecule has 1 aromatic carbocycles. The Balaban J connectivity index is 1.94. The van der Waals surface area contributed by atoms with Crippen molar-refractivity contribution in [3.05, 3.63) is 46.2 Å². The molecule has 0 aliphatic heterocycles. The number of likely N-dealkylation sites (N-methyl/N-ethyl adjacent to an activating group) is 1. The fourth-order valence-electron chi connectivity index (χ4n) is 2.15. The molecule has 2 N–H and O–H groups in total. The first-order valence-electron chi connectivity index (χ1n) is 6.98. The van der Waals surface area contributed by atoms with E-state index in [2.05, 4.69) is 60.5 Å². The van der Waals surface area contributed by atoms with Crippen molar-refractivity contribution in [2.45, 2.75) is 20.4 Å². The lowest BCUT2D eigenvalue weighted by atomic mass is 10.2. The van der Waals surface area contributed by atoms with Crippen LogP contribution in [0.2, 0.25) is 0 Å². The van der Waals surface area contributed by atoms with E-state index in [-0.39, 0.29) is 6.61 Å². The van der Waals surface area contributed by atoms with Crippen LogP contribution in [0.4, 0.5) is 11.4 Å². The second kappa shape index (κ2) is 7.31. The van der Waals surface area contributed by atoms with E-state index in [0.29, 0.717) is 6.54 Å². The van der Waals surface area contributed by atoms with E-state index in [4.69, 9.17) is 5.11 Å². The van der Waals surface area contributed by atoms with E-state index in [9.17, 15) is 0 Å². The summed E-state index contributed by atoms with van der Waals surface area (Å²) in [6.07, 6.45) is 0. The minimum absolute atomic E-state index is 0.186. The molecule has 0 amide bonds. The molecule has 0 unspecified atom stereocenters. The highest BCUT2D eigenvalue weighted by atomic mass is 32.1. The van der Waals surface area contributed by atoms with Crippen molar-refractivity contribution < 1.29 is 5.11 Å². The first kappa shape index (κ1) is 14.9. The summed E-state index contributed by atoms with van der Waals surface area (Å²) in [6, 6.07) is 12.7. The van der Waals surface area contributed by atoms with E-state index < -0.39 is 0 Å². The number of aliphatic hydroxyl groups excluding tert-OH is 1. The number of aliphatic hydroxyl groups is 1. The Bertz CT molecular complexity index is 522. The molecule has 1 heterocycles. The smallest absolute Gasteiger partial charge is 0.0606 e. The molecule has 0 saturated carbocycles. The molecule has 0 radical (unpaired) electrons. The van der Waals surface area contributed by atoms with Gasteiger partial charge in [0.1, 0.15) is 0 Å². The normalized spacial score (nSPS) is 10.6. The Morgan fingerprint density at radius 3 is 2.45 bits per heavy atom. The van der Waals surface area contributed by atoms with Crippen LogP contribution in [0.3, 0.4) is 0 Å². The quantitative estimate of drug-likeness (QED) is 0.819. The maximum Gasteiger partial charge on any atom is 0.0606 e. The molecule has 0 fully saturated rings. The standard InChI is InChI=1S/C16H22N2OS/c1-3-18(10-11-19)15-7-5-14(6-8-15)17-12-16-9-4-13(2)20-16/h4-9,17,19H,3,10-12H2,1-2H3. The van der Waals surface area contributed by atoms with Gasteiger partial charge in [-0.1, -0.05) is 0 Å². The van der Waals surface area contributed by atoms with E-state index >= 15 is 0 Å². The topological polar surface area (TPSA) is 35.5 Å². The molecule has 108 valence electrons. The van der Waals surface area contributed by atoms with Crippen molar-refractivity contribution in [2.75, 3.05) is 29.9 Å². The van der Waals surface area contributed by atoms with Gasteiger partial charge in [-0.3, -0.25) is 0 Å². The minimum atomic E-state index is 0.186.